The highest BCUT2D eigenvalue weighted by atomic mass is 35.5. The smallest absolute Gasteiger partial charge is 0.303 e. The van der Waals surface area contributed by atoms with Crippen LogP contribution in [0.4, 0.5) is 4.39 Å². The van der Waals surface area contributed by atoms with Gasteiger partial charge in [-0.15, -0.1) is 0 Å². The van der Waals surface area contributed by atoms with Gasteiger partial charge in [-0.2, -0.15) is 0 Å². The van der Waals surface area contributed by atoms with Crippen LogP contribution in [0.15, 0.2) is 18.2 Å². The van der Waals surface area contributed by atoms with Gasteiger partial charge in [-0.3, -0.25) is 9.69 Å². The highest BCUT2D eigenvalue weighted by Crippen LogP contribution is 2.19. The molecular formula is C14H19ClFNO3. The molecule has 4 nitrogen and oxygen atoms in total. The number of halogens is 2. The SMILES string of the molecule is COCCN(CCCC(=O)O)Cc1ccc(F)cc1Cl. The number of ether oxygens (including phenoxy) is 1. The molecule has 0 atom stereocenters. The molecule has 1 N–H and O–H groups in total. The Bertz CT molecular complexity index is 442. The van der Waals surface area contributed by atoms with Crippen LogP contribution in [-0.2, 0) is 16.1 Å². The Morgan fingerprint density at radius 2 is 2.20 bits per heavy atom. The zero-order valence-electron chi connectivity index (χ0n) is 11.4. The molecule has 0 saturated heterocycles. The van der Waals surface area contributed by atoms with Gasteiger partial charge in [0.1, 0.15) is 5.82 Å². The van der Waals surface area contributed by atoms with Crippen LogP contribution in [0.25, 0.3) is 0 Å². The molecule has 0 aliphatic heterocycles. The first-order valence-corrected chi connectivity index (χ1v) is 6.77. The summed E-state index contributed by atoms with van der Waals surface area (Å²) in [7, 11) is 1.61. The molecule has 0 amide bonds. The highest BCUT2D eigenvalue weighted by molar-refractivity contribution is 6.31. The van der Waals surface area contributed by atoms with Crippen LogP contribution in [0, 0.1) is 5.82 Å². The molecule has 1 rings (SSSR count). The fourth-order valence-electron chi connectivity index (χ4n) is 1.84. The fraction of sp³-hybridized carbons (Fsp3) is 0.500. The maximum Gasteiger partial charge on any atom is 0.303 e. The van der Waals surface area contributed by atoms with E-state index in [1.807, 2.05) is 4.90 Å². The molecule has 0 saturated carbocycles. The molecule has 20 heavy (non-hydrogen) atoms. The summed E-state index contributed by atoms with van der Waals surface area (Å²) in [4.78, 5) is 12.6. The largest absolute Gasteiger partial charge is 0.481 e. The Hall–Kier alpha value is -1.17. The van der Waals surface area contributed by atoms with Gasteiger partial charge in [-0.25, -0.2) is 4.39 Å². The monoisotopic (exact) mass is 303 g/mol. The third kappa shape index (κ3) is 6.32. The zero-order valence-corrected chi connectivity index (χ0v) is 12.2. The van der Waals surface area contributed by atoms with E-state index in [1.54, 1.807) is 13.2 Å². The number of hydrogen-bond donors (Lipinski definition) is 1. The molecule has 0 aliphatic rings. The van der Waals surface area contributed by atoms with E-state index >= 15 is 0 Å². The lowest BCUT2D eigenvalue weighted by atomic mass is 10.2. The van der Waals surface area contributed by atoms with Gasteiger partial charge in [-0.05, 0) is 30.7 Å². The number of benzene rings is 1. The van der Waals surface area contributed by atoms with Crippen LogP contribution >= 0.6 is 11.6 Å². The van der Waals surface area contributed by atoms with Crippen molar-refractivity contribution < 1.29 is 19.0 Å². The van der Waals surface area contributed by atoms with Crippen LogP contribution in [0.1, 0.15) is 18.4 Å². The molecule has 0 fully saturated rings. The van der Waals surface area contributed by atoms with E-state index in [0.717, 1.165) is 5.56 Å². The van der Waals surface area contributed by atoms with Gasteiger partial charge in [-0.1, -0.05) is 17.7 Å². The highest BCUT2D eigenvalue weighted by Gasteiger charge is 2.10. The number of carboxylic acids is 1. The molecule has 112 valence electrons. The summed E-state index contributed by atoms with van der Waals surface area (Å²) < 4.78 is 18.0. The second-order valence-corrected chi connectivity index (χ2v) is 4.91. The Balaban J connectivity index is 2.60. The van der Waals surface area contributed by atoms with E-state index < -0.39 is 5.97 Å². The lowest BCUT2D eigenvalue weighted by Gasteiger charge is -2.22. The maximum atomic E-state index is 13.0. The van der Waals surface area contributed by atoms with Gasteiger partial charge in [0.2, 0.25) is 0 Å². The van der Waals surface area contributed by atoms with Crippen molar-refractivity contribution in [3.05, 3.63) is 34.6 Å². The minimum absolute atomic E-state index is 0.126. The average molecular weight is 304 g/mol. The van der Waals surface area contributed by atoms with Crippen molar-refractivity contribution >= 4 is 17.6 Å². The number of hydrogen-bond acceptors (Lipinski definition) is 3. The Labute approximate surface area is 123 Å². The topological polar surface area (TPSA) is 49.8 Å². The molecule has 0 heterocycles. The number of carbonyl (C=O) groups is 1. The van der Waals surface area contributed by atoms with Gasteiger partial charge in [0.15, 0.2) is 0 Å². The molecule has 6 heteroatoms. The molecule has 0 radical (unpaired) electrons. The van der Waals surface area contributed by atoms with E-state index in [2.05, 4.69) is 0 Å². The number of nitrogens with zero attached hydrogens (tertiary/aromatic N) is 1. The lowest BCUT2D eigenvalue weighted by molar-refractivity contribution is -0.137. The van der Waals surface area contributed by atoms with E-state index in [-0.39, 0.29) is 12.2 Å². The summed E-state index contributed by atoms with van der Waals surface area (Å²) in [6, 6.07) is 4.30. The Kier molecular flexibility index (Phi) is 7.51. The van der Waals surface area contributed by atoms with Crippen LogP contribution in [0.3, 0.4) is 0 Å². The second-order valence-electron chi connectivity index (χ2n) is 4.50. The van der Waals surface area contributed by atoms with Gasteiger partial charge in [0.05, 0.1) is 6.61 Å². The van der Waals surface area contributed by atoms with E-state index in [4.69, 9.17) is 21.4 Å². The summed E-state index contributed by atoms with van der Waals surface area (Å²) in [6.07, 6.45) is 0.679. The summed E-state index contributed by atoms with van der Waals surface area (Å²) in [6.45, 7) is 2.39. The first kappa shape index (κ1) is 16.9. The van der Waals surface area contributed by atoms with Gasteiger partial charge in [0, 0.05) is 31.6 Å². The predicted molar refractivity (Wildman–Crippen MR) is 75.4 cm³/mol. The van der Waals surface area contributed by atoms with E-state index in [1.165, 1.54) is 12.1 Å². The van der Waals surface area contributed by atoms with Crippen LogP contribution in [-0.4, -0.2) is 42.8 Å². The number of rotatable bonds is 9. The molecule has 0 bridgehead atoms. The Morgan fingerprint density at radius 1 is 1.45 bits per heavy atom. The first-order valence-electron chi connectivity index (χ1n) is 6.40. The number of aliphatic carboxylic acids is 1. The van der Waals surface area contributed by atoms with Gasteiger partial charge >= 0.3 is 5.97 Å². The normalized spacial score (nSPS) is 11.0. The van der Waals surface area contributed by atoms with Crippen molar-refractivity contribution in [2.45, 2.75) is 19.4 Å². The van der Waals surface area contributed by atoms with Crippen molar-refractivity contribution in [3.63, 3.8) is 0 Å². The number of carboxylic acid groups (broad SMARTS) is 1. The Morgan fingerprint density at radius 3 is 2.80 bits per heavy atom. The van der Waals surface area contributed by atoms with Crippen LogP contribution in [0.2, 0.25) is 5.02 Å². The third-order valence-electron chi connectivity index (χ3n) is 2.89. The van der Waals surface area contributed by atoms with Crippen molar-refractivity contribution in [3.8, 4) is 0 Å². The average Bonchev–Trinajstić information content (AvgIpc) is 2.38. The third-order valence-corrected chi connectivity index (χ3v) is 3.24. The standard InChI is InChI=1S/C14H19ClFNO3/c1-20-8-7-17(6-2-3-14(18)19)10-11-4-5-12(16)9-13(11)15/h4-5,9H,2-3,6-8,10H2,1H3,(H,18,19). The van der Waals surface area contributed by atoms with Gasteiger partial charge in [0.25, 0.3) is 0 Å². The van der Waals surface area contributed by atoms with E-state index in [0.29, 0.717) is 37.7 Å². The molecule has 1 aromatic carbocycles. The minimum atomic E-state index is -0.809. The molecule has 1 aromatic rings. The number of methoxy groups -OCH3 is 1. The maximum absolute atomic E-state index is 13.0. The van der Waals surface area contributed by atoms with Gasteiger partial charge < -0.3 is 9.84 Å². The van der Waals surface area contributed by atoms with Crippen LogP contribution < -0.4 is 0 Å². The molecule has 0 aromatic heterocycles. The van der Waals surface area contributed by atoms with Crippen molar-refractivity contribution in [2.75, 3.05) is 26.8 Å². The summed E-state index contributed by atoms with van der Waals surface area (Å²) in [5, 5.41) is 9.04. The summed E-state index contributed by atoms with van der Waals surface area (Å²) >= 11 is 6.00. The second kappa shape index (κ2) is 8.89. The lowest BCUT2D eigenvalue weighted by Crippen LogP contribution is -2.28. The van der Waals surface area contributed by atoms with E-state index in [9.17, 15) is 9.18 Å². The molecule has 0 aliphatic carbocycles. The van der Waals surface area contributed by atoms with Crippen molar-refractivity contribution in [2.24, 2.45) is 0 Å². The zero-order chi connectivity index (χ0) is 15.0. The van der Waals surface area contributed by atoms with Crippen molar-refractivity contribution in [1.29, 1.82) is 0 Å². The summed E-state index contributed by atoms with van der Waals surface area (Å²) in [5.74, 6) is -1.18. The molecular weight excluding hydrogens is 285 g/mol. The quantitative estimate of drug-likeness (QED) is 0.762. The van der Waals surface area contributed by atoms with Crippen molar-refractivity contribution in [1.82, 2.24) is 4.90 Å². The van der Waals surface area contributed by atoms with Crippen LogP contribution in [0.5, 0.6) is 0 Å². The molecule has 0 spiro atoms. The first-order chi connectivity index (χ1) is 9.52. The summed E-state index contributed by atoms with van der Waals surface area (Å²) in [5.41, 5.74) is 0.819. The molecule has 0 unspecified atom stereocenters. The predicted octanol–water partition coefficient (Wildman–Crippen LogP) is 2.79. The fourth-order valence-corrected chi connectivity index (χ4v) is 2.06. The minimum Gasteiger partial charge on any atom is -0.481 e.